The average molecular weight is 279 g/mol. The topological polar surface area (TPSA) is 59.8 Å². The van der Waals surface area contributed by atoms with Crippen molar-refractivity contribution in [1.29, 1.82) is 0 Å². The second-order valence-corrected chi connectivity index (χ2v) is 5.10. The van der Waals surface area contributed by atoms with Crippen LogP contribution in [0.25, 0.3) is 0 Å². The van der Waals surface area contributed by atoms with Gasteiger partial charge in [-0.25, -0.2) is 0 Å². The van der Waals surface area contributed by atoms with E-state index >= 15 is 0 Å². The van der Waals surface area contributed by atoms with Crippen LogP contribution in [0.3, 0.4) is 0 Å². The molecule has 1 aromatic heterocycles. The molecule has 1 atom stereocenters. The molecule has 110 valence electrons. The van der Waals surface area contributed by atoms with Crippen LogP contribution < -0.4 is 5.43 Å². The van der Waals surface area contributed by atoms with Crippen LogP contribution >= 0.6 is 0 Å². The van der Waals surface area contributed by atoms with Crippen LogP contribution in [0, 0.1) is 6.92 Å². The van der Waals surface area contributed by atoms with E-state index < -0.39 is 0 Å². The van der Waals surface area contributed by atoms with E-state index in [1.165, 1.54) is 12.1 Å². The van der Waals surface area contributed by atoms with Gasteiger partial charge < -0.3 is 14.1 Å². The van der Waals surface area contributed by atoms with Crippen LogP contribution in [0.5, 0.6) is 0 Å². The summed E-state index contributed by atoms with van der Waals surface area (Å²) in [4.78, 5) is 25.5. The Hall–Kier alpha value is -1.62. The lowest BCUT2D eigenvalue weighted by Crippen LogP contribution is -2.39. The fourth-order valence-corrected chi connectivity index (χ4v) is 2.42. The number of rotatable bonds is 4. The summed E-state index contributed by atoms with van der Waals surface area (Å²) in [5.41, 5.74) is -0.206. The number of likely N-dealkylation sites (N-methyl/N-ethyl adjacent to an activating group) is 1. The molecule has 0 N–H and O–H groups in total. The third-order valence-corrected chi connectivity index (χ3v) is 3.47. The van der Waals surface area contributed by atoms with Crippen molar-refractivity contribution in [3.63, 3.8) is 0 Å². The molecule has 2 heterocycles. The van der Waals surface area contributed by atoms with Gasteiger partial charge in [0.25, 0.3) is 5.91 Å². The van der Waals surface area contributed by atoms with E-state index in [2.05, 4.69) is 0 Å². The lowest BCUT2D eigenvalue weighted by molar-refractivity contribution is -0.00376. The van der Waals surface area contributed by atoms with Crippen LogP contribution in [-0.4, -0.2) is 36.6 Å². The van der Waals surface area contributed by atoms with Crippen molar-refractivity contribution in [3.8, 4) is 0 Å². The zero-order valence-electron chi connectivity index (χ0n) is 12.1. The maximum atomic E-state index is 12.4. The molecule has 2 rings (SSSR count). The Balaban J connectivity index is 2.09. The zero-order valence-corrected chi connectivity index (χ0v) is 12.1. The molecule has 5 nitrogen and oxygen atoms in total. The van der Waals surface area contributed by atoms with Gasteiger partial charge in [-0.2, -0.15) is 0 Å². The standard InChI is InChI=1S/C15H21NO4/c1-3-16(10-13-6-4-5-7-19-13)15(18)14-9-12(17)8-11(2)20-14/h8-9,13H,3-7,10H2,1-2H3. The van der Waals surface area contributed by atoms with E-state index in [0.29, 0.717) is 18.8 Å². The first-order valence-electron chi connectivity index (χ1n) is 7.13. The molecule has 1 fully saturated rings. The lowest BCUT2D eigenvalue weighted by atomic mass is 10.1. The smallest absolute Gasteiger partial charge is 0.289 e. The number of carbonyl (C=O) groups excluding carboxylic acids is 1. The largest absolute Gasteiger partial charge is 0.456 e. The number of aryl methyl sites for hydroxylation is 1. The molecule has 1 aliphatic heterocycles. The van der Waals surface area contributed by atoms with Gasteiger partial charge >= 0.3 is 0 Å². The highest BCUT2D eigenvalue weighted by molar-refractivity contribution is 5.91. The molecule has 0 spiro atoms. The fraction of sp³-hybridized carbons (Fsp3) is 0.600. The quantitative estimate of drug-likeness (QED) is 0.845. The minimum Gasteiger partial charge on any atom is -0.456 e. The van der Waals surface area contributed by atoms with Crippen LogP contribution in [0.1, 0.15) is 42.5 Å². The summed E-state index contributed by atoms with van der Waals surface area (Å²) in [5.74, 6) is 0.306. The normalized spacial score (nSPS) is 18.8. The summed E-state index contributed by atoms with van der Waals surface area (Å²) in [6, 6.07) is 2.62. The van der Waals surface area contributed by atoms with Crippen molar-refractivity contribution in [3.05, 3.63) is 33.9 Å². The van der Waals surface area contributed by atoms with Gasteiger partial charge in [0.15, 0.2) is 11.2 Å². The number of hydrogen-bond acceptors (Lipinski definition) is 4. The number of carbonyl (C=O) groups is 1. The average Bonchev–Trinajstić information content (AvgIpc) is 2.44. The van der Waals surface area contributed by atoms with Crippen molar-refractivity contribution < 1.29 is 13.9 Å². The van der Waals surface area contributed by atoms with E-state index in [1.54, 1.807) is 11.8 Å². The predicted octanol–water partition coefficient (Wildman–Crippen LogP) is 1.98. The Kier molecular flexibility index (Phi) is 4.95. The van der Waals surface area contributed by atoms with E-state index in [0.717, 1.165) is 25.9 Å². The molecule has 1 unspecified atom stereocenters. The number of nitrogens with zero attached hydrogens (tertiary/aromatic N) is 1. The Morgan fingerprint density at radius 1 is 1.40 bits per heavy atom. The SMILES string of the molecule is CCN(CC1CCCCO1)C(=O)c1cc(=O)cc(C)o1. The Bertz CT molecular complexity index is 517. The van der Waals surface area contributed by atoms with Gasteiger partial charge in [0.2, 0.25) is 0 Å². The molecule has 1 aliphatic rings. The van der Waals surface area contributed by atoms with Crippen LogP contribution in [0.4, 0.5) is 0 Å². The Morgan fingerprint density at radius 2 is 2.20 bits per heavy atom. The third kappa shape index (κ3) is 3.70. The van der Waals surface area contributed by atoms with Crippen LogP contribution in [0.15, 0.2) is 21.3 Å². The molecule has 0 aliphatic carbocycles. The van der Waals surface area contributed by atoms with Gasteiger partial charge in [0.1, 0.15) is 5.76 Å². The second-order valence-electron chi connectivity index (χ2n) is 5.10. The molecule has 0 saturated carbocycles. The van der Waals surface area contributed by atoms with Crippen molar-refractivity contribution in [1.82, 2.24) is 4.90 Å². The number of hydrogen-bond donors (Lipinski definition) is 0. The van der Waals surface area contributed by atoms with E-state index in [9.17, 15) is 9.59 Å². The maximum absolute atomic E-state index is 12.4. The van der Waals surface area contributed by atoms with Crippen molar-refractivity contribution in [2.24, 2.45) is 0 Å². The van der Waals surface area contributed by atoms with Crippen molar-refractivity contribution >= 4 is 5.91 Å². The molecule has 0 aromatic carbocycles. The summed E-state index contributed by atoms with van der Waals surface area (Å²) in [6.07, 6.45) is 3.28. The van der Waals surface area contributed by atoms with Gasteiger partial charge in [-0.3, -0.25) is 9.59 Å². The highest BCUT2D eigenvalue weighted by Gasteiger charge is 2.23. The number of amides is 1. The van der Waals surface area contributed by atoms with Crippen molar-refractivity contribution in [2.45, 2.75) is 39.2 Å². The molecule has 1 saturated heterocycles. The Labute approximate surface area is 118 Å². The van der Waals surface area contributed by atoms with E-state index in [-0.39, 0.29) is 23.2 Å². The molecule has 1 amide bonds. The van der Waals surface area contributed by atoms with Crippen LogP contribution in [0.2, 0.25) is 0 Å². The Morgan fingerprint density at radius 3 is 2.80 bits per heavy atom. The highest BCUT2D eigenvalue weighted by atomic mass is 16.5. The van der Waals surface area contributed by atoms with Crippen LogP contribution in [-0.2, 0) is 4.74 Å². The molecule has 1 aromatic rings. The first-order chi connectivity index (χ1) is 9.60. The second kappa shape index (κ2) is 6.70. The summed E-state index contributed by atoms with van der Waals surface area (Å²) in [7, 11) is 0. The monoisotopic (exact) mass is 279 g/mol. The lowest BCUT2D eigenvalue weighted by Gasteiger charge is -2.28. The van der Waals surface area contributed by atoms with Gasteiger partial charge in [-0.05, 0) is 33.1 Å². The summed E-state index contributed by atoms with van der Waals surface area (Å²) < 4.78 is 11.0. The summed E-state index contributed by atoms with van der Waals surface area (Å²) in [6.45, 7) is 5.45. The summed E-state index contributed by atoms with van der Waals surface area (Å²) >= 11 is 0. The fourth-order valence-electron chi connectivity index (χ4n) is 2.42. The minimum absolute atomic E-state index is 0.0872. The number of ether oxygens (including phenoxy) is 1. The van der Waals surface area contributed by atoms with Gasteiger partial charge in [-0.1, -0.05) is 0 Å². The molecule has 5 heteroatoms. The van der Waals surface area contributed by atoms with Crippen molar-refractivity contribution in [2.75, 3.05) is 19.7 Å². The summed E-state index contributed by atoms with van der Waals surface area (Å²) in [5, 5.41) is 0. The van der Waals surface area contributed by atoms with E-state index in [1.807, 2.05) is 6.92 Å². The van der Waals surface area contributed by atoms with Gasteiger partial charge in [0.05, 0.1) is 6.10 Å². The minimum atomic E-state index is -0.248. The maximum Gasteiger partial charge on any atom is 0.289 e. The highest BCUT2D eigenvalue weighted by Crippen LogP contribution is 2.15. The first-order valence-corrected chi connectivity index (χ1v) is 7.13. The molecule has 20 heavy (non-hydrogen) atoms. The predicted molar refractivity (Wildman–Crippen MR) is 74.9 cm³/mol. The van der Waals surface area contributed by atoms with Gasteiger partial charge in [-0.15, -0.1) is 0 Å². The molecule has 0 radical (unpaired) electrons. The first kappa shape index (κ1) is 14.8. The third-order valence-electron chi connectivity index (χ3n) is 3.47. The zero-order chi connectivity index (χ0) is 14.5. The molecular formula is C15H21NO4. The van der Waals surface area contributed by atoms with E-state index in [4.69, 9.17) is 9.15 Å². The molecular weight excluding hydrogens is 258 g/mol. The van der Waals surface area contributed by atoms with Gasteiger partial charge in [0, 0.05) is 31.8 Å². The molecule has 0 bridgehead atoms.